The third kappa shape index (κ3) is 810. The van der Waals surface area contributed by atoms with Gasteiger partial charge in [-0.05, 0) is 0 Å². The maximum absolute atomic E-state index is 2.18. The largest absolute Gasteiger partial charge is 0.0776 e. The zero-order chi connectivity index (χ0) is 3.41. The molecule has 0 heterocycles. The van der Waals surface area contributed by atoms with Crippen LogP contribution in [0, 0.1) is 0 Å². The van der Waals surface area contributed by atoms with E-state index in [-0.39, 0.29) is 59.4 Å². The van der Waals surface area contributed by atoms with Gasteiger partial charge < -0.3 is 0 Å². The van der Waals surface area contributed by atoms with Crippen LogP contribution in [0.5, 0.6) is 0 Å². The highest BCUT2D eigenvalue weighted by atomic mass is 13.6. The van der Waals surface area contributed by atoms with Gasteiger partial charge in [0.25, 0.3) is 0 Å². The molecular formula is C12H42. The van der Waals surface area contributed by atoms with E-state index in [0.29, 0.717) is 0 Å². The summed E-state index contributed by atoms with van der Waals surface area (Å²) in [5, 5.41) is 0. The molecule has 0 N–H and O–H groups in total. The molecule has 12 heavy (non-hydrogen) atoms. The summed E-state index contributed by atoms with van der Waals surface area (Å²) in [6, 6.07) is 0. The van der Waals surface area contributed by atoms with Crippen molar-refractivity contribution in [3.05, 3.63) is 0 Å². The molecule has 0 aliphatic rings. The number of hydrogen-bond donors (Lipinski definition) is 0. The summed E-state index contributed by atoms with van der Waals surface area (Å²) in [6.45, 7) is 4.36. The van der Waals surface area contributed by atoms with E-state index in [0.717, 1.165) is 0 Å². The Kier molecular flexibility index (Phi) is 3700. The molecule has 0 aromatic heterocycles. The maximum atomic E-state index is 2.18. The van der Waals surface area contributed by atoms with E-state index < -0.39 is 0 Å². The van der Waals surface area contributed by atoms with E-state index in [2.05, 4.69) is 13.8 Å². The summed E-state index contributed by atoms with van der Waals surface area (Å²) >= 11 is 0. The van der Waals surface area contributed by atoms with Crippen LogP contribution in [-0.4, -0.2) is 0 Å². The second-order valence-corrected chi connectivity index (χ2v) is 1.000. The van der Waals surface area contributed by atoms with Crippen LogP contribution in [0.3, 0.4) is 0 Å². The molecule has 90 valence electrons. The molecule has 0 aromatic carbocycles. The molecule has 0 saturated heterocycles. The Labute approximate surface area is 86.8 Å². The lowest BCUT2D eigenvalue weighted by Crippen LogP contribution is -1.47. The zero-order valence-corrected chi connectivity index (χ0v) is 3.41. The first kappa shape index (κ1) is 161. The lowest BCUT2D eigenvalue weighted by atomic mass is 10.4. The Morgan fingerprint density at radius 3 is 0.500 bits per heavy atom. The van der Waals surface area contributed by atoms with Crippen molar-refractivity contribution in [2.24, 2.45) is 0 Å². The molecule has 0 rings (SSSR count). The smallest absolute Gasteiger partial charge is 0.0564 e. The molecule has 0 nitrogen and oxygen atoms in total. The van der Waals surface area contributed by atoms with Crippen molar-refractivity contribution in [2.75, 3.05) is 0 Å². The van der Waals surface area contributed by atoms with Gasteiger partial charge in [0, 0.05) is 0 Å². The molecule has 0 spiro atoms. The first-order chi connectivity index (χ1) is 1.91. The van der Waals surface area contributed by atoms with Gasteiger partial charge >= 0.3 is 0 Å². The van der Waals surface area contributed by atoms with Gasteiger partial charge in [0.2, 0.25) is 0 Å². The van der Waals surface area contributed by atoms with E-state index in [1.54, 1.807) is 0 Å². The molecular weight excluding hydrogens is 144 g/mol. The Bertz CT molecular complexity index is 2.00. The van der Waals surface area contributed by atoms with E-state index in [1.165, 1.54) is 12.8 Å². The van der Waals surface area contributed by atoms with Crippen LogP contribution in [0.15, 0.2) is 0 Å². The average Bonchev–Trinajstić information content (AvgIpc) is 1.37. The summed E-state index contributed by atoms with van der Waals surface area (Å²) in [6.07, 6.45) is 2.64. The van der Waals surface area contributed by atoms with Gasteiger partial charge in [0.1, 0.15) is 0 Å². The van der Waals surface area contributed by atoms with Crippen molar-refractivity contribution in [3.8, 4) is 0 Å². The first-order valence-electron chi connectivity index (χ1n) is 1.91. The minimum absolute atomic E-state index is 0. The van der Waals surface area contributed by atoms with Gasteiger partial charge in [-0.2, -0.15) is 0 Å². The first-order valence-corrected chi connectivity index (χ1v) is 1.91. The van der Waals surface area contributed by atoms with Crippen molar-refractivity contribution in [2.45, 2.75) is 86.1 Å². The predicted octanol–water partition coefficient (Wildman–Crippen LogP) is 6.90. The molecule has 0 aliphatic carbocycles. The lowest BCUT2D eigenvalue weighted by molar-refractivity contribution is 0.886. The van der Waals surface area contributed by atoms with Crippen molar-refractivity contribution in [1.29, 1.82) is 0 Å². The minimum atomic E-state index is 0. The Hall–Kier alpha value is 0. The molecule has 0 amide bonds. The van der Waals surface area contributed by atoms with Crippen LogP contribution in [0.25, 0.3) is 0 Å². The van der Waals surface area contributed by atoms with E-state index in [4.69, 9.17) is 0 Å². The van der Waals surface area contributed by atoms with Crippen LogP contribution >= 0.6 is 0 Å². The third-order valence-corrected chi connectivity index (χ3v) is 0.500. The SMILES string of the molecule is C.C.C.C.C.C.C.C.CCCC. The topological polar surface area (TPSA) is 0 Å². The Morgan fingerprint density at radius 2 is 0.500 bits per heavy atom. The summed E-state index contributed by atoms with van der Waals surface area (Å²) in [5.74, 6) is 0. The fraction of sp³-hybridized carbons (Fsp3) is 1.00. The third-order valence-electron chi connectivity index (χ3n) is 0.500. The molecule has 0 unspecified atom stereocenters. The van der Waals surface area contributed by atoms with Gasteiger partial charge in [-0.3, -0.25) is 0 Å². The van der Waals surface area contributed by atoms with Crippen LogP contribution in [0.2, 0.25) is 0 Å². The molecule has 0 radical (unpaired) electrons. The predicted molar refractivity (Wildman–Crippen MR) is 74.4 cm³/mol. The number of unbranched alkanes of at least 4 members (excludes halogenated alkanes) is 1. The van der Waals surface area contributed by atoms with Gasteiger partial charge in [0.05, 0.1) is 0 Å². The van der Waals surface area contributed by atoms with E-state index >= 15 is 0 Å². The average molecular weight is 186 g/mol. The summed E-state index contributed by atoms with van der Waals surface area (Å²) in [7, 11) is 0. The molecule has 0 heteroatoms. The minimum Gasteiger partial charge on any atom is -0.0776 e. The van der Waals surface area contributed by atoms with Crippen LogP contribution in [0.4, 0.5) is 0 Å². The summed E-state index contributed by atoms with van der Waals surface area (Å²) in [5.41, 5.74) is 0. The quantitative estimate of drug-likeness (QED) is 0.418. The van der Waals surface area contributed by atoms with Gasteiger partial charge in [0.15, 0.2) is 0 Å². The van der Waals surface area contributed by atoms with Crippen molar-refractivity contribution in [3.63, 3.8) is 0 Å². The fourth-order valence-electron chi connectivity index (χ4n) is 0. The van der Waals surface area contributed by atoms with E-state index in [9.17, 15) is 0 Å². The highest BCUT2D eigenvalue weighted by molar-refractivity contribution is 4.12. The molecule has 0 fully saturated rings. The van der Waals surface area contributed by atoms with Crippen molar-refractivity contribution < 1.29 is 0 Å². The van der Waals surface area contributed by atoms with E-state index in [1.807, 2.05) is 0 Å². The molecule has 0 aliphatic heterocycles. The maximum Gasteiger partial charge on any atom is -0.0564 e. The van der Waals surface area contributed by atoms with Crippen LogP contribution in [0.1, 0.15) is 86.1 Å². The lowest BCUT2D eigenvalue weighted by Gasteiger charge is -1.68. The van der Waals surface area contributed by atoms with Crippen LogP contribution < -0.4 is 0 Å². The highest BCUT2D eigenvalue weighted by Crippen LogP contribution is 1.76. The molecule has 0 saturated carbocycles. The second-order valence-electron chi connectivity index (χ2n) is 1.000. The second kappa shape index (κ2) is 275. The normalized spacial score (nSPS) is 2.50. The Morgan fingerprint density at radius 1 is 0.417 bits per heavy atom. The van der Waals surface area contributed by atoms with Crippen molar-refractivity contribution >= 4 is 0 Å². The Balaban J connectivity index is -0.00000000161. The molecule has 0 atom stereocenters. The monoisotopic (exact) mass is 186 g/mol. The molecule has 0 bridgehead atoms. The standard InChI is InChI=1S/C4H10.8CH4/c1-3-4-2;;;;;;;;/h3-4H2,1-2H3;8*1H4. The van der Waals surface area contributed by atoms with Gasteiger partial charge in [-0.15, -0.1) is 0 Å². The fourth-order valence-corrected chi connectivity index (χ4v) is 0. The van der Waals surface area contributed by atoms with Crippen LogP contribution in [-0.2, 0) is 0 Å². The van der Waals surface area contributed by atoms with Crippen molar-refractivity contribution in [1.82, 2.24) is 0 Å². The summed E-state index contributed by atoms with van der Waals surface area (Å²) in [4.78, 5) is 0. The number of hydrogen-bond acceptors (Lipinski definition) is 0. The molecule has 0 aromatic rings. The van der Waals surface area contributed by atoms with Gasteiger partial charge in [-0.25, -0.2) is 0 Å². The summed E-state index contributed by atoms with van der Waals surface area (Å²) < 4.78 is 0. The zero-order valence-electron chi connectivity index (χ0n) is 3.41. The highest BCUT2D eigenvalue weighted by Gasteiger charge is 1.56. The number of rotatable bonds is 1. The van der Waals surface area contributed by atoms with Gasteiger partial charge in [-0.1, -0.05) is 86.1 Å².